The molecule has 1 saturated heterocycles. The second kappa shape index (κ2) is 4.28. The highest BCUT2D eigenvalue weighted by atomic mass is 19.4. The highest BCUT2D eigenvalue weighted by Crippen LogP contribution is 2.35. The molecule has 1 aliphatic heterocycles. The van der Waals surface area contributed by atoms with E-state index in [1.54, 1.807) is 7.05 Å². The fraction of sp³-hybridized carbons (Fsp3) is 1.00. The molecule has 1 fully saturated rings. The van der Waals surface area contributed by atoms with Crippen LogP contribution in [-0.2, 0) is 0 Å². The molecule has 0 bridgehead atoms. The average Bonchev–Trinajstić information content (AvgIpc) is 2.47. The second-order valence-corrected chi connectivity index (χ2v) is 3.39. The van der Waals surface area contributed by atoms with Crippen molar-refractivity contribution >= 4 is 0 Å². The Kier molecular flexibility index (Phi) is 3.55. The van der Waals surface area contributed by atoms with Gasteiger partial charge in [0.1, 0.15) is 0 Å². The molecule has 0 spiro atoms. The molecule has 1 heterocycles. The molecule has 2 unspecified atom stereocenters. The maximum Gasteiger partial charge on any atom is 0.393 e. The summed E-state index contributed by atoms with van der Waals surface area (Å²) in [5, 5.41) is 5.75. The Morgan fingerprint density at radius 3 is 2.69 bits per heavy atom. The maximum absolute atomic E-state index is 12.4. The summed E-state index contributed by atoms with van der Waals surface area (Å²) < 4.78 is 37.1. The van der Waals surface area contributed by atoms with Gasteiger partial charge in [-0.15, -0.1) is 0 Å². The summed E-state index contributed by atoms with van der Waals surface area (Å²) >= 11 is 0. The summed E-state index contributed by atoms with van der Waals surface area (Å²) in [6.07, 6.45) is -3.28. The van der Waals surface area contributed by atoms with Gasteiger partial charge >= 0.3 is 6.18 Å². The third-order valence-electron chi connectivity index (χ3n) is 2.47. The van der Waals surface area contributed by atoms with E-state index in [9.17, 15) is 13.2 Å². The number of alkyl halides is 3. The Labute approximate surface area is 75.9 Å². The molecule has 1 aliphatic rings. The van der Waals surface area contributed by atoms with Gasteiger partial charge in [0, 0.05) is 6.04 Å². The number of halogens is 3. The zero-order valence-corrected chi connectivity index (χ0v) is 7.62. The van der Waals surface area contributed by atoms with Gasteiger partial charge in [-0.05, 0) is 33.0 Å². The molecule has 2 nitrogen and oxygen atoms in total. The van der Waals surface area contributed by atoms with Crippen LogP contribution in [0.15, 0.2) is 0 Å². The molecule has 5 heteroatoms. The van der Waals surface area contributed by atoms with Crippen molar-refractivity contribution in [2.75, 3.05) is 20.1 Å². The number of rotatable bonds is 3. The van der Waals surface area contributed by atoms with Crippen LogP contribution in [0.25, 0.3) is 0 Å². The van der Waals surface area contributed by atoms with Crippen LogP contribution in [0, 0.1) is 5.92 Å². The summed E-state index contributed by atoms with van der Waals surface area (Å²) in [5.74, 6) is -1.15. The van der Waals surface area contributed by atoms with E-state index >= 15 is 0 Å². The first-order valence-corrected chi connectivity index (χ1v) is 4.50. The van der Waals surface area contributed by atoms with Gasteiger partial charge in [0.25, 0.3) is 0 Å². The predicted molar refractivity (Wildman–Crippen MR) is 44.5 cm³/mol. The van der Waals surface area contributed by atoms with E-state index in [0.717, 1.165) is 0 Å². The molecule has 0 aromatic heterocycles. The van der Waals surface area contributed by atoms with E-state index in [1.807, 2.05) is 0 Å². The van der Waals surface area contributed by atoms with E-state index in [-0.39, 0.29) is 6.42 Å². The minimum atomic E-state index is -4.04. The average molecular weight is 196 g/mol. The van der Waals surface area contributed by atoms with E-state index in [1.165, 1.54) is 0 Å². The summed E-state index contributed by atoms with van der Waals surface area (Å²) in [6.45, 7) is 1.11. The maximum atomic E-state index is 12.4. The first-order valence-electron chi connectivity index (χ1n) is 4.50. The van der Waals surface area contributed by atoms with Gasteiger partial charge < -0.3 is 10.6 Å². The number of hydrogen-bond donors (Lipinski definition) is 2. The third kappa shape index (κ3) is 2.84. The molecule has 0 saturated carbocycles. The Morgan fingerprint density at radius 2 is 2.15 bits per heavy atom. The lowest BCUT2D eigenvalue weighted by atomic mass is 9.97. The third-order valence-corrected chi connectivity index (χ3v) is 2.47. The van der Waals surface area contributed by atoms with E-state index in [0.29, 0.717) is 19.5 Å². The van der Waals surface area contributed by atoms with Crippen molar-refractivity contribution in [2.45, 2.75) is 25.1 Å². The Morgan fingerprint density at radius 1 is 1.46 bits per heavy atom. The lowest BCUT2D eigenvalue weighted by Gasteiger charge is -2.21. The smallest absolute Gasteiger partial charge is 0.320 e. The van der Waals surface area contributed by atoms with Crippen LogP contribution in [0.4, 0.5) is 13.2 Å². The van der Waals surface area contributed by atoms with Crippen LogP contribution in [0.5, 0.6) is 0 Å². The minimum Gasteiger partial charge on any atom is -0.320 e. The van der Waals surface area contributed by atoms with Gasteiger partial charge in [0.2, 0.25) is 0 Å². The lowest BCUT2D eigenvalue weighted by Crippen LogP contribution is -2.37. The summed E-state index contributed by atoms with van der Waals surface area (Å²) in [7, 11) is 1.75. The van der Waals surface area contributed by atoms with Gasteiger partial charge in [-0.1, -0.05) is 0 Å². The van der Waals surface area contributed by atoms with Crippen LogP contribution in [0.3, 0.4) is 0 Å². The number of nitrogens with one attached hydrogen (secondary N) is 2. The quantitative estimate of drug-likeness (QED) is 0.707. The van der Waals surface area contributed by atoms with Crippen LogP contribution < -0.4 is 10.6 Å². The molecule has 2 atom stereocenters. The Balaban J connectivity index is 2.44. The van der Waals surface area contributed by atoms with Gasteiger partial charge in [-0.3, -0.25) is 0 Å². The molecule has 1 rings (SSSR count). The minimum absolute atomic E-state index is 0.220. The van der Waals surface area contributed by atoms with E-state index in [2.05, 4.69) is 10.6 Å². The SMILES string of the molecule is CNCCC1NCCC1C(F)(F)F. The topological polar surface area (TPSA) is 24.1 Å². The Bertz CT molecular complexity index is 158. The summed E-state index contributed by atoms with van der Waals surface area (Å²) in [5.41, 5.74) is 0. The second-order valence-electron chi connectivity index (χ2n) is 3.39. The van der Waals surface area contributed by atoms with Crippen molar-refractivity contribution in [3.63, 3.8) is 0 Å². The predicted octanol–water partition coefficient (Wildman–Crippen LogP) is 1.14. The van der Waals surface area contributed by atoms with Crippen molar-refractivity contribution in [3.05, 3.63) is 0 Å². The van der Waals surface area contributed by atoms with E-state index < -0.39 is 18.1 Å². The fourth-order valence-corrected chi connectivity index (χ4v) is 1.76. The van der Waals surface area contributed by atoms with Crippen LogP contribution in [0.2, 0.25) is 0 Å². The fourth-order valence-electron chi connectivity index (χ4n) is 1.76. The van der Waals surface area contributed by atoms with Gasteiger partial charge in [-0.2, -0.15) is 13.2 Å². The molecule has 2 N–H and O–H groups in total. The van der Waals surface area contributed by atoms with Crippen molar-refractivity contribution < 1.29 is 13.2 Å². The summed E-state index contributed by atoms with van der Waals surface area (Å²) in [6, 6.07) is -0.396. The first-order chi connectivity index (χ1) is 6.05. The van der Waals surface area contributed by atoms with Crippen molar-refractivity contribution in [1.29, 1.82) is 0 Å². The molecule has 0 aromatic rings. The molecule has 0 aliphatic carbocycles. The molecule has 0 amide bonds. The van der Waals surface area contributed by atoms with Crippen molar-refractivity contribution in [2.24, 2.45) is 5.92 Å². The zero-order chi connectivity index (χ0) is 9.90. The zero-order valence-electron chi connectivity index (χ0n) is 7.62. The molecule has 13 heavy (non-hydrogen) atoms. The summed E-state index contributed by atoms with van der Waals surface area (Å²) in [4.78, 5) is 0. The van der Waals surface area contributed by atoms with E-state index in [4.69, 9.17) is 0 Å². The standard InChI is InChI=1S/C8H15F3N2/c1-12-4-3-7-6(2-5-13-7)8(9,10)11/h6-7,12-13H,2-5H2,1H3. The highest BCUT2D eigenvalue weighted by molar-refractivity contribution is 4.88. The molecular formula is C8H15F3N2. The first kappa shape index (κ1) is 10.8. The lowest BCUT2D eigenvalue weighted by molar-refractivity contribution is -0.176. The van der Waals surface area contributed by atoms with Crippen LogP contribution in [0.1, 0.15) is 12.8 Å². The van der Waals surface area contributed by atoms with Crippen LogP contribution in [-0.4, -0.2) is 32.4 Å². The Hall–Kier alpha value is -0.290. The van der Waals surface area contributed by atoms with Crippen LogP contribution >= 0.6 is 0 Å². The normalized spacial score (nSPS) is 29.5. The van der Waals surface area contributed by atoms with Gasteiger partial charge in [-0.25, -0.2) is 0 Å². The molecular weight excluding hydrogens is 181 g/mol. The number of hydrogen-bond acceptors (Lipinski definition) is 2. The molecule has 78 valence electrons. The van der Waals surface area contributed by atoms with Crippen molar-refractivity contribution in [3.8, 4) is 0 Å². The van der Waals surface area contributed by atoms with Crippen molar-refractivity contribution in [1.82, 2.24) is 10.6 Å². The van der Waals surface area contributed by atoms with Gasteiger partial charge in [0.05, 0.1) is 5.92 Å². The monoisotopic (exact) mass is 196 g/mol. The largest absolute Gasteiger partial charge is 0.393 e. The molecule has 0 radical (unpaired) electrons. The molecule has 0 aromatic carbocycles. The highest BCUT2D eigenvalue weighted by Gasteiger charge is 2.46. The van der Waals surface area contributed by atoms with Gasteiger partial charge in [0.15, 0.2) is 0 Å².